The van der Waals surface area contributed by atoms with Crippen LogP contribution >= 0.6 is 0 Å². The molecule has 3 rings (SSSR count). The molecule has 1 heterocycles. The summed E-state index contributed by atoms with van der Waals surface area (Å²) in [5.74, 6) is 0. The van der Waals surface area contributed by atoms with E-state index >= 15 is 0 Å². The van der Waals surface area contributed by atoms with Gasteiger partial charge in [0.15, 0.2) is 0 Å². The molecule has 1 atom stereocenters. The van der Waals surface area contributed by atoms with Crippen molar-refractivity contribution in [2.75, 3.05) is 51.8 Å². The van der Waals surface area contributed by atoms with E-state index in [4.69, 9.17) is 4.74 Å². The summed E-state index contributed by atoms with van der Waals surface area (Å²) in [5.41, 5.74) is 3.34. The molecule has 0 unspecified atom stereocenters. The summed E-state index contributed by atoms with van der Waals surface area (Å²) < 4.78 is 34.0. The minimum Gasteiger partial charge on any atom is -0.379 e. The molecule has 7 heteroatoms. The topological polar surface area (TPSA) is 61.9 Å². The van der Waals surface area contributed by atoms with E-state index in [2.05, 4.69) is 45.7 Å². The zero-order valence-electron chi connectivity index (χ0n) is 17.5. The van der Waals surface area contributed by atoms with Gasteiger partial charge in [-0.2, -0.15) is 0 Å². The SMILES string of the molecule is CCc1ccc(S(=O)(=O)NC[C@@H](c2ccc(N(C)C)cc2)N2CCOCC2)cc1. The van der Waals surface area contributed by atoms with Crippen LogP contribution in [0, 0.1) is 0 Å². The van der Waals surface area contributed by atoms with Crippen molar-refractivity contribution in [3.05, 3.63) is 59.7 Å². The van der Waals surface area contributed by atoms with Gasteiger partial charge < -0.3 is 9.64 Å². The summed E-state index contributed by atoms with van der Waals surface area (Å²) in [4.78, 5) is 4.64. The molecule has 2 aromatic carbocycles. The summed E-state index contributed by atoms with van der Waals surface area (Å²) >= 11 is 0. The van der Waals surface area contributed by atoms with Crippen LogP contribution in [0.25, 0.3) is 0 Å². The first kappa shape index (κ1) is 21.8. The van der Waals surface area contributed by atoms with Crippen LogP contribution < -0.4 is 9.62 Å². The maximum atomic E-state index is 12.8. The second-order valence-electron chi connectivity index (χ2n) is 7.50. The van der Waals surface area contributed by atoms with Crippen molar-refractivity contribution in [3.8, 4) is 0 Å². The maximum absolute atomic E-state index is 12.8. The zero-order chi connectivity index (χ0) is 20.9. The number of morpholine rings is 1. The van der Waals surface area contributed by atoms with Crippen LogP contribution in [0.1, 0.15) is 24.1 Å². The molecule has 0 spiro atoms. The minimum atomic E-state index is -3.56. The summed E-state index contributed by atoms with van der Waals surface area (Å²) in [6.45, 7) is 5.27. The highest BCUT2D eigenvalue weighted by Crippen LogP contribution is 2.24. The largest absolute Gasteiger partial charge is 0.379 e. The molecule has 1 N–H and O–H groups in total. The van der Waals surface area contributed by atoms with Gasteiger partial charge in [-0.05, 0) is 41.8 Å². The Morgan fingerprint density at radius 3 is 2.21 bits per heavy atom. The van der Waals surface area contributed by atoms with Crippen molar-refractivity contribution in [3.63, 3.8) is 0 Å². The average Bonchev–Trinajstić information content (AvgIpc) is 2.75. The molecule has 1 fully saturated rings. The number of rotatable bonds is 8. The molecule has 6 nitrogen and oxygen atoms in total. The monoisotopic (exact) mass is 417 g/mol. The van der Waals surface area contributed by atoms with Gasteiger partial charge >= 0.3 is 0 Å². The van der Waals surface area contributed by atoms with Gasteiger partial charge in [0.1, 0.15) is 0 Å². The molecule has 2 aromatic rings. The van der Waals surface area contributed by atoms with E-state index in [9.17, 15) is 8.42 Å². The van der Waals surface area contributed by atoms with Crippen molar-refractivity contribution in [1.29, 1.82) is 0 Å². The Morgan fingerprint density at radius 1 is 1.03 bits per heavy atom. The standard InChI is InChI=1S/C22H31N3O3S/c1-4-18-5-11-21(12-6-18)29(26,27)23-17-22(25-13-15-28-16-14-25)19-7-9-20(10-8-19)24(2)3/h5-12,22-23H,4,13-17H2,1-3H3/t22-/m0/s1. The number of hydrogen-bond acceptors (Lipinski definition) is 5. The third kappa shape index (κ3) is 5.57. The zero-order valence-corrected chi connectivity index (χ0v) is 18.3. The molecular formula is C22H31N3O3S. The molecule has 0 bridgehead atoms. The molecule has 158 valence electrons. The Morgan fingerprint density at radius 2 is 1.66 bits per heavy atom. The number of aryl methyl sites for hydroxylation is 1. The van der Waals surface area contributed by atoms with Gasteiger partial charge in [0.05, 0.1) is 18.1 Å². The Kier molecular flexibility index (Phi) is 7.29. The van der Waals surface area contributed by atoms with Crippen LogP contribution in [0.3, 0.4) is 0 Å². The lowest BCUT2D eigenvalue weighted by Crippen LogP contribution is -2.43. The van der Waals surface area contributed by atoms with Crippen molar-refractivity contribution < 1.29 is 13.2 Å². The third-order valence-electron chi connectivity index (χ3n) is 5.39. The van der Waals surface area contributed by atoms with Gasteiger partial charge in [0, 0.05) is 45.5 Å². The number of ether oxygens (including phenoxy) is 1. The van der Waals surface area contributed by atoms with Gasteiger partial charge in [0.25, 0.3) is 0 Å². The van der Waals surface area contributed by atoms with Crippen LogP contribution in [0.2, 0.25) is 0 Å². The van der Waals surface area contributed by atoms with Gasteiger partial charge in [0.2, 0.25) is 10.0 Å². The van der Waals surface area contributed by atoms with Crippen molar-refractivity contribution >= 4 is 15.7 Å². The second kappa shape index (κ2) is 9.71. The molecule has 0 amide bonds. The molecule has 0 saturated carbocycles. The first-order chi connectivity index (χ1) is 13.9. The number of sulfonamides is 1. The van der Waals surface area contributed by atoms with Crippen LogP contribution in [0.5, 0.6) is 0 Å². The predicted molar refractivity (Wildman–Crippen MR) is 117 cm³/mol. The number of nitrogens with one attached hydrogen (secondary N) is 1. The number of benzene rings is 2. The van der Waals surface area contributed by atoms with E-state index in [0.29, 0.717) is 24.7 Å². The Hall–Kier alpha value is -1.93. The number of nitrogens with zero attached hydrogens (tertiary/aromatic N) is 2. The van der Waals surface area contributed by atoms with E-state index in [-0.39, 0.29) is 6.04 Å². The number of anilines is 1. The van der Waals surface area contributed by atoms with Crippen LogP contribution in [-0.2, 0) is 21.2 Å². The highest BCUT2D eigenvalue weighted by Gasteiger charge is 2.25. The minimum absolute atomic E-state index is 0.0418. The Bertz CT molecular complexity index is 875. The molecular weight excluding hydrogens is 386 g/mol. The van der Waals surface area contributed by atoms with Gasteiger partial charge in [-0.1, -0.05) is 31.2 Å². The summed E-state index contributed by atoms with van der Waals surface area (Å²) in [7, 11) is 0.448. The molecule has 0 aromatic heterocycles. The molecule has 1 aliphatic rings. The van der Waals surface area contributed by atoms with Crippen LogP contribution in [0.4, 0.5) is 5.69 Å². The maximum Gasteiger partial charge on any atom is 0.240 e. The van der Waals surface area contributed by atoms with E-state index < -0.39 is 10.0 Å². The fourth-order valence-corrected chi connectivity index (χ4v) is 4.56. The highest BCUT2D eigenvalue weighted by atomic mass is 32.2. The van der Waals surface area contributed by atoms with Crippen LogP contribution in [-0.4, -0.2) is 60.3 Å². The van der Waals surface area contributed by atoms with E-state index in [0.717, 1.165) is 36.3 Å². The molecule has 1 saturated heterocycles. The predicted octanol–water partition coefficient (Wildman–Crippen LogP) is 2.67. The second-order valence-corrected chi connectivity index (χ2v) is 9.27. The summed E-state index contributed by atoms with van der Waals surface area (Å²) in [6, 6.07) is 15.4. The molecule has 1 aliphatic heterocycles. The van der Waals surface area contributed by atoms with Gasteiger partial charge in [-0.15, -0.1) is 0 Å². The van der Waals surface area contributed by atoms with Crippen molar-refractivity contribution in [2.45, 2.75) is 24.3 Å². The quantitative estimate of drug-likeness (QED) is 0.716. The molecule has 29 heavy (non-hydrogen) atoms. The summed E-state index contributed by atoms with van der Waals surface area (Å²) in [5, 5.41) is 0. The van der Waals surface area contributed by atoms with Crippen LogP contribution in [0.15, 0.2) is 53.4 Å². The Balaban J connectivity index is 1.78. The first-order valence-corrected chi connectivity index (χ1v) is 11.6. The lowest BCUT2D eigenvalue weighted by molar-refractivity contribution is 0.0172. The lowest BCUT2D eigenvalue weighted by atomic mass is 10.0. The number of hydrogen-bond donors (Lipinski definition) is 1. The van der Waals surface area contributed by atoms with Crippen molar-refractivity contribution in [2.24, 2.45) is 0 Å². The normalized spacial score (nSPS) is 16.5. The fraction of sp³-hybridized carbons (Fsp3) is 0.455. The smallest absolute Gasteiger partial charge is 0.240 e. The third-order valence-corrected chi connectivity index (χ3v) is 6.83. The van der Waals surface area contributed by atoms with E-state index in [1.807, 2.05) is 26.2 Å². The Labute approximate surface area is 174 Å². The average molecular weight is 418 g/mol. The fourth-order valence-electron chi connectivity index (χ4n) is 3.52. The van der Waals surface area contributed by atoms with E-state index in [1.54, 1.807) is 12.1 Å². The molecule has 0 aliphatic carbocycles. The van der Waals surface area contributed by atoms with Gasteiger partial charge in [-0.3, -0.25) is 4.90 Å². The van der Waals surface area contributed by atoms with Crippen molar-refractivity contribution in [1.82, 2.24) is 9.62 Å². The highest BCUT2D eigenvalue weighted by molar-refractivity contribution is 7.89. The van der Waals surface area contributed by atoms with E-state index in [1.165, 1.54) is 0 Å². The first-order valence-electron chi connectivity index (χ1n) is 10.1. The lowest BCUT2D eigenvalue weighted by Gasteiger charge is -2.35. The van der Waals surface area contributed by atoms with Gasteiger partial charge in [-0.25, -0.2) is 13.1 Å². The summed E-state index contributed by atoms with van der Waals surface area (Å²) in [6.07, 6.45) is 0.885. The molecule has 0 radical (unpaired) electrons.